The average molecular weight is 609 g/mol. The lowest BCUT2D eigenvalue weighted by atomic mass is 9.89. The third kappa shape index (κ3) is 5.39. The lowest BCUT2D eigenvalue weighted by Gasteiger charge is -2.45. The zero-order chi connectivity index (χ0) is 31.2. The van der Waals surface area contributed by atoms with Gasteiger partial charge in [-0.1, -0.05) is 0 Å². The Morgan fingerprint density at radius 3 is 2.21 bits per heavy atom. The minimum atomic E-state index is -1.83. The number of phenols is 2. The number of ether oxygens (including phenoxy) is 5. The molecule has 15 heteroatoms. The smallest absolute Gasteiger partial charge is 0.204 e. The fourth-order valence-electron chi connectivity index (χ4n) is 5.30. The van der Waals surface area contributed by atoms with Crippen molar-refractivity contribution in [2.24, 2.45) is 0 Å². The fraction of sp³-hybridized carbons (Fsp3) is 0.464. The molecule has 0 aliphatic carbocycles. The quantitative estimate of drug-likeness (QED) is 0.158. The van der Waals surface area contributed by atoms with Crippen molar-refractivity contribution in [3.63, 3.8) is 0 Å². The normalized spacial score (nSPS) is 31.2. The molecule has 2 saturated heterocycles. The molecule has 0 saturated carbocycles. The van der Waals surface area contributed by atoms with Gasteiger partial charge < -0.3 is 69.0 Å². The largest absolute Gasteiger partial charge is 0.508 e. The van der Waals surface area contributed by atoms with Gasteiger partial charge in [-0.3, -0.25) is 4.79 Å². The lowest BCUT2D eigenvalue weighted by Crippen LogP contribution is -2.60. The summed E-state index contributed by atoms with van der Waals surface area (Å²) in [5.74, 6) is -1.22. The Bertz CT molecular complexity index is 1510. The molecule has 5 rings (SSSR count). The fourth-order valence-corrected chi connectivity index (χ4v) is 5.30. The highest BCUT2D eigenvalue weighted by atomic mass is 16.7. The van der Waals surface area contributed by atoms with Gasteiger partial charge in [-0.05, 0) is 24.3 Å². The van der Waals surface area contributed by atoms with E-state index >= 15 is 0 Å². The predicted molar refractivity (Wildman–Crippen MR) is 144 cm³/mol. The first-order valence-corrected chi connectivity index (χ1v) is 13.2. The second kappa shape index (κ2) is 12.2. The molecule has 2 aliphatic rings. The Labute approximate surface area is 243 Å². The monoisotopic (exact) mass is 608 g/mol. The molecule has 0 unspecified atom stereocenters. The van der Waals surface area contributed by atoms with Crippen LogP contribution >= 0.6 is 0 Å². The molecule has 0 bridgehead atoms. The van der Waals surface area contributed by atoms with Crippen LogP contribution in [0.5, 0.6) is 23.0 Å². The van der Waals surface area contributed by atoms with Crippen LogP contribution in [0.3, 0.4) is 0 Å². The van der Waals surface area contributed by atoms with Gasteiger partial charge in [0.05, 0.1) is 33.0 Å². The molecule has 0 spiro atoms. The van der Waals surface area contributed by atoms with E-state index in [1.807, 2.05) is 0 Å². The molecule has 234 valence electrons. The SMILES string of the molecule is COc1c(OC)c(O)c2c(=O)cc(-c3ccc(O)cc3)oc2c1[C@H]1O[C@H](CO)[C@@H](O)[C@H](O)[C@H]1O[C@@H]1OC[C@H](O)[C@@H](O)[C@H]1O. The summed E-state index contributed by atoms with van der Waals surface area (Å²) in [6, 6.07) is 6.79. The third-order valence-electron chi connectivity index (χ3n) is 7.55. The topological polar surface area (TPSA) is 238 Å². The predicted octanol–water partition coefficient (Wildman–Crippen LogP) is -1.13. The zero-order valence-corrected chi connectivity index (χ0v) is 22.9. The van der Waals surface area contributed by atoms with Crippen molar-refractivity contribution in [1.82, 2.24) is 0 Å². The first-order valence-electron chi connectivity index (χ1n) is 13.2. The second-order valence-corrected chi connectivity index (χ2v) is 10.2. The number of hydrogen-bond acceptors (Lipinski definition) is 15. The minimum absolute atomic E-state index is 0.00100. The van der Waals surface area contributed by atoms with Crippen molar-refractivity contribution < 1.29 is 69.0 Å². The van der Waals surface area contributed by atoms with E-state index in [0.717, 1.165) is 6.07 Å². The van der Waals surface area contributed by atoms with E-state index in [1.165, 1.54) is 38.5 Å². The Kier molecular flexibility index (Phi) is 8.80. The maximum absolute atomic E-state index is 13.4. The van der Waals surface area contributed by atoms with E-state index in [9.17, 15) is 45.6 Å². The van der Waals surface area contributed by atoms with E-state index in [2.05, 4.69) is 0 Å². The Morgan fingerprint density at radius 1 is 0.907 bits per heavy atom. The number of aliphatic hydroxyl groups excluding tert-OH is 6. The molecule has 3 heterocycles. The molecular formula is C28H32O15. The number of methoxy groups -OCH3 is 2. The van der Waals surface area contributed by atoms with Gasteiger partial charge in [0.25, 0.3) is 0 Å². The summed E-state index contributed by atoms with van der Waals surface area (Å²) in [5, 5.41) is 82.8. The number of aromatic hydroxyl groups is 2. The summed E-state index contributed by atoms with van der Waals surface area (Å²) >= 11 is 0. The first-order chi connectivity index (χ1) is 20.5. The number of hydrogen-bond donors (Lipinski definition) is 8. The third-order valence-corrected chi connectivity index (χ3v) is 7.55. The standard InChI is InChI=1S/C28H32O15/c1-38-24-17(23-16(20(35)26(24)39-2)12(31)7-14(41-23)10-3-5-11(30)6-4-10)25-27(21(36)19(34)15(8-29)42-25)43-28-22(37)18(33)13(32)9-40-28/h3-7,13,15,18-19,21-22,25,27-30,32-37H,8-9H2,1-2H3/t13-,15+,18+,19+,21-,22+,25+,27+,28-/m0/s1. The molecule has 43 heavy (non-hydrogen) atoms. The molecular weight excluding hydrogens is 576 g/mol. The summed E-state index contributed by atoms with van der Waals surface area (Å²) in [5.41, 5.74) is -0.806. The molecule has 3 aromatic rings. The molecule has 9 atom stereocenters. The summed E-state index contributed by atoms with van der Waals surface area (Å²) in [6.45, 7) is -1.21. The molecule has 1 aromatic heterocycles. The second-order valence-electron chi connectivity index (χ2n) is 10.2. The van der Waals surface area contributed by atoms with Gasteiger partial charge in [-0.2, -0.15) is 0 Å². The summed E-state index contributed by atoms with van der Waals surface area (Å²) in [4.78, 5) is 13.4. The highest BCUT2D eigenvalue weighted by Crippen LogP contribution is 2.51. The lowest BCUT2D eigenvalue weighted by molar-refractivity contribution is -0.325. The number of fused-ring (bicyclic) bond motifs is 1. The van der Waals surface area contributed by atoms with Crippen LogP contribution in [-0.2, 0) is 14.2 Å². The van der Waals surface area contributed by atoms with E-state index in [-0.39, 0.29) is 39.5 Å². The molecule has 0 radical (unpaired) electrons. The molecule has 2 aliphatic heterocycles. The van der Waals surface area contributed by atoms with Crippen LogP contribution in [-0.4, -0.2) is 117 Å². The minimum Gasteiger partial charge on any atom is -0.508 e. The van der Waals surface area contributed by atoms with Crippen LogP contribution in [0.2, 0.25) is 0 Å². The van der Waals surface area contributed by atoms with Crippen molar-refractivity contribution in [2.45, 2.75) is 55.1 Å². The maximum atomic E-state index is 13.4. The van der Waals surface area contributed by atoms with Crippen LogP contribution in [0.1, 0.15) is 11.7 Å². The van der Waals surface area contributed by atoms with Gasteiger partial charge in [0, 0.05) is 11.6 Å². The van der Waals surface area contributed by atoms with E-state index < -0.39 is 79.5 Å². The Morgan fingerprint density at radius 2 is 1.58 bits per heavy atom. The Balaban J connectivity index is 1.75. The van der Waals surface area contributed by atoms with E-state index in [0.29, 0.717) is 5.56 Å². The number of rotatable bonds is 7. The number of phenolic OH excluding ortho intramolecular Hbond substituents is 2. The number of aliphatic hydroxyl groups is 6. The molecule has 15 nitrogen and oxygen atoms in total. The summed E-state index contributed by atoms with van der Waals surface area (Å²) in [6.07, 6.45) is -14.7. The summed E-state index contributed by atoms with van der Waals surface area (Å²) in [7, 11) is 2.41. The molecule has 8 N–H and O–H groups in total. The van der Waals surface area contributed by atoms with Crippen LogP contribution in [0.25, 0.3) is 22.3 Å². The van der Waals surface area contributed by atoms with Gasteiger partial charge in [0.15, 0.2) is 28.8 Å². The van der Waals surface area contributed by atoms with Gasteiger partial charge in [-0.15, -0.1) is 0 Å². The molecule has 2 aromatic carbocycles. The zero-order valence-electron chi connectivity index (χ0n) is 22.9. The van der Waals surface area contributed by atoms with Gasteiger partial charge in [-0.25, -0.2) is 0 Å². The van der Waals surface area contributed by atoms with Crippen LogP contribution < -0.4 is 14.9 Å². The number of benzene rings is 2. The summed E-state index contributed by atoms with van der Waals surface area (Å²) < 4.78 is 34.2. The Hall–Kier alpha value is -3.51. The van der Waals surface area contributed by atoms with Crippen molar-refractivity contribution in [3.8, 4) is 34.3 Å². The van der Waals surface area contributed by atoms with Gasteiger partial charge in [0.2, 0.25) is 5.75 Å². The van der Waals surface area contributed by atoms with Gasteiger partial charge in [0.1, 0.15) is 65.7 Å². The molecule has 0 amide bonds. The highest BCUT2D eigenvalue weighted by Gasteiger charge is 2.51. The van der Waals surface area contributed by atoms with Crippen molar-refractivity contribution in [2.75, 3.05) is 27.4 Å². The van der Waals surface area contributed by atoms with Crippen LogP contribution in [0.4, 0.5) is 0 Å². The van der Waals surface area contributed by atoms with Crippen molar-refractivity contribution in [3.05, 3.63) is 46.1 Å². The van der Waals surface area contributed by atoms with Gasteiger partial charge >= 0.3 is 0 Å². The molecule has 2 fully saturated rings. The van der Waals surface area contributed by atoms with Crippen molar-refractivity contribution >= 4 is 11.0 Å². The van der Waals surface area contributed by atoms with Crippen LogP contribution in [0.15, 0.2) is 39.5 Å². The van der Waals surface area contributed by atoms with Crippen molar-refractivity contribution in [1.29, 1.82) is 0 Å². The van der Waals surface area contributed by atoms with E-state index in [1.54, 1.807) is 0 Å². The highest BCUT2D eigenvalue weighted by molar-refractivity contribution is 5.93. The first kappa shape index (κ1) is 30.9. The average Bonchev–Trinajstić information content (AvgIpc) is 2.99. The van der Waals surface area contributed by atoms with Crippen LogP contribution in [0, 0.1) is 0 Å². The van der Waals surface area contributed by atoms with E-state index in [4.69, 9.17) is 28.1 Å². The maximum Gasteiger partial charge on any atom is 0.204 e.